The lowest BCUT2D eigenvalue weighted by atomic mass is 9.51. The topological polar surface area (TPSA) is 84.4 Å². The summed E-state index contributed by atoms with van der Waals surface area (Å²) in [6.07, 6.45) is 10.3. The summed E-state index contributed by atoms with van der Waals surface area (Å²) in [7, 11) is 1.54. The Bertz CT molecular complexity index is 982. The molecule has 0 saturated heterocycles. The number of carbonyl (C=O) groups excluding carboxylic acids is 2. The highest BCUT2D eigenvalue weighted by Crippen LogP contribution is 2.55. The first-order valence-electron chi connectivity index (χ1n) is 12.1. The molecule has 7 nitrogen and oxygen atoms in total. The van der Waals surface area contributed by atoms with Crippen LogP contribution < -0.4 is 16.0 Å². The van der Waals surface area contributed by atoms with Gasteiger partial charge in [0.05, 0.1) is 23.9 Å². The maximum Gasteiger partial charge on any atom is 0.253 e. The highest BCUT2D eigenvalue weighted by molar-refractivity contribution is 5.96. The van der Waals surface area contributed by atoms with Crippen molar-refractivity contribution in [2.45, 2.75) is 76.7 Å². The van der Waals surface area contributed by atoms with Crippen LogP contribution in [-0.2, 0) is 16.2 Å². The van der Waals surface area contributed by atoms with Crippen LogP contribution in [0.3, 0.4) is 0 Å². The summed E-state index contributed by atoms with van der Waals surface area (Å²) in [6, 6.07) is 1.75. The van der Waals surface area contributed by atoms with Crippen molar-refractivity contribution in [2.24, 2.45) is 17.8 Å². The zero-order chi connectivity index (χ0) is 24.7. The first-order valence-corrected chi connectivity index (χ1v) is 12.1. The number of nitrogens with one attached hydrogen (secondary N) is 3. The minimum absolute atomic E-state index is 0.0226. The summed E-state index contributed by atoms with van der Waals surface area (Å²) in [5.74, 6) is 1.53. The predicted molar refractivity (Wildman–Crippen MR) is 129 cm³/mol. The Balaban J connectivity index is 1.46. The molecule has 4 aliphatic carbocycles. The third-order valence-electron chi connectivity index (χ3n) is 7.77. The van der Waals surface area contributed by atoms with Crippen LogP contribution in [0.5, 0.6) is 0 Å². The van der Waals surface area contributed by atoms with Crippen LogP contribution in [0.4, 0.5) is 4.39 Å². The van der Waals surface area contributed by atoms with E-state index in [2.05, 4.69) is 22.5 Å². The Morgan fingerprint density at radius 3 is 2.56 bits per heavy atom. The number of methoxy groups -OCH3 is 1. The molecule has 0 spiro atoms. The molecule has 4 aliphatic rings. The molecular formula is C26H37FN4O3. The van der Waals surface area contributed by atoms with Crippen molar-refractivity contribution >= 4 is 18.0 Å². The van der Waals surface area contributed by atoms with Crippen LogP contribution in [-0.4, -0.2) is 40.6 Å². The van der Waals surface area contributed by atoms with E-state index in [9.17, 15) is 14.0 Å². The summed E-state index contributed by atoms with van der Waals surface area (Å²) in [5.41, 5.74) is 0.104. The molecule has 4 fully saturated rings. The highest BCUT2D eigenvalue weighted by Gasteiger charge is 2.56. The molecule has 3 N–H and O–H groups in total. The van der Waals surface area contributed by atoms with Crippen LogP contribution in [0.25, 0.3) is 6.20 Å². The number of carbonyl (C=O) groups is 2. The average molecular weight is 473 g/mol. The van der Waals surface area contributed by atoms with Crippen LogP contribution in [0.1, 0.15) is 68.9 Å². The van der Waals surface area contributed by atoms with E-state index in [-0.39, 0.29) is 23.4 Å². The van der Waals surface area contributed by atoms with Gasteiger partial charge in [0.1, 0.15) is 6.67 Å². The van der Waals surface area contributed by atoms with E-state index in [1.807, 2.05) is 19.9 Å². The number of halogens is 1. The summed E-state index contributed by atoms with van der Waals surface area (Å²) >= 11 is 0. The second-order valence-electron chi connectivity index (χ2n) is 10.9. The minimum Gasteiger partial charge on any atom is -0.483 e. The minimum atomic E-state index is -0.746. The Kier molecular flexibility index (Phi) is 6.53. The van der Waals surface area contributed by atoms with Gasteiger partial charge in [-0.15, -0.1) is 0 Å². The summed E-state index contributed by atoms with van der Waals surface area (Å²) in [4.78, 5) is 25.0. The van der Waals surface area contributed by atoms with Crippen molar-refractivity contribution in [1.82, 2.24) is 20.5 Å². The first kappa shape index (κ1) is 24.4. The molecule has 34 heavy (non-hydrogen) atoms. The number of rotatable bonds is 9. The second kappa shape index (κ2) is 9.12. The van der Waals surface area contributed by atoms with Crippen molar-refractivity contribution in [2.75, 3.05) is 7.11 Å². The molecule has 0 aliphatic heterocycles. The lowest BCUT2D eigenvalue weighted by Gasteiger charge is -2.60. The Morgan fingerprint density at radius 2 is 1.97 bits per heavy atom. The fourth-order valence-corrected chi connectivity index (χ4v) is 6.70. The van der Waals surface area contributed by atoms with Crippen molar-refractivity contribution in [3.8, 4) is 0 Å². The number of nitrogens with zero attached hydrogens (tertiary/aromatic N) is 1. The molecule has 186 valence electrons. The van der Waals surface area contributed by atoms with Gasteiger partial charge in [-0.05, 0) is 82.4 Å². The molecule has 4 saturated carbocycles. The van der Waals surface area contributed by atoms with Gasteiger partial charge in [0.25, 0.3) is 5.91 Å². The largest absolute Gasteiger partial charge is 0.483 e. The van der Waals surface area contributed by atoms with E-state index >= 15 is 0 Å². The third kappa shape index (κ3) is 4.86. The smallest absolute Gasteiger partial charge is 0.253 e. The molecule has 0 aromatic carbocycles. The summed E-state index contributed by atoms with van der Waals surface area (Å²) < 4.78 is 20.8. The zero-order valence-electron chi connectivity index (χ0n) is 20.6. The maximum atomic E-state index is 14.0. The molecule has 8 heteroatoms. The van der Waals surface area contributed by atoms with Gasteiger partial charge in [0, 0.05) is 30.9 Å². The summed E-state index contributed by atoms with van der Waals surface area (Å²) in [6.45, 7) is 8.50. The number of hydrogen-bond donors (Lipinski definition) is 3. The molecule has 0 radical (unpaired) electrons. The third-order valence-corrected chi connectivity index (χ3v) is 7.77. The highest BCUT2D eigenvalue weighted by atomic mass is 19.1. The number of alkyl halides is 1. The van der Waals surface area contributed by atoms with Crippen LogP contribution in [0.15, 0.2) is 30.8 Å². The van der Waals surface area contributed by atoms with Crippen LogP contribution in [0.2, 0.25) is 0 Å². The molecule has 2 amide bonds. The molecule has 5 rings (SSSR count). The zero-order valence-corrected chi connectivity index (χ0v) is 20.6. The monoisotopic (exact) mass is 472 g/mol. The van der Waals surface area contributed by atoms with E-state index in [0.717, 1.165) is 32.1 Å². The van der Waals surface area contributed by atoms with E-state index in [1.165, 1.54) is 7.11 Å². The van der Waals surface area contributed by atoms with Gasteiger partial charge in [0.15, 0.2) is 5.88 Å². The van der Waals surface area contributed by atoms with E-state index < -0.39 is 12.2 Å². The SMILES string of the molecule is C=C(NC(C)(C)/C=C/n1ccc(C(=O)NC2C3CC4CC2CC(NC(C)=O)(C4)C3)c1CF)OC. The molecule has 1 aromatic heterocycles. The van der Waals surface area contributed by atoms with Gasteiger partial charge in [-0.3, -0.25) is 9.59 Å². The molecule has 4 bridgehead atoms. The fourth-order valence-electron chi connectivity index (χ4n) is 6.70. The lowest BCUT2D eigenvalue weighted by molar-refractivity contribution is -0.125. The average Bonchev–Trinajstić information content (AvgIpc) is 3.16. The molecule has 2 unspecified atom stereocenters. The quantitative estimate of drug-likeness (QED) is 0.478. The number of aromatic nitrogens is 1. The number of amides is 2. The van der Waals surface area contributed by atoms with Crippen molar-refractivity contribution < 1.29 is 18.7 Å². The van der Waals surface area contributed by atoms with Crippen molar-refractivity contribution in [3.63, 3.8) is 0 Å². The lowest BCUT2D eigenvalue weighted by Crippen LogP contribution is -2.66. The van der Waals surface area contributed by atoms with Gasteiger partial charge in [-0.2, -0.15) is 0 Å². The van der Waals surface area contributed by atoms with Gasteiger partial charge >= 0.3 is 0 Å². The Hall–Kier alpha value is -2.77. The Morgan fingerprint density at radius 1 is 1.29 bits per heavy atom. The van der Waals surface area contributed by atoms with Crippen LogP contribution >= 0.6 is 0 Å². The predicted octanol–water partition coefficient (Wildman–Crippen LogP) is 3.73. The molecular weight excluding hydrogens is 435 g/mol. The second-order valence-corrected chi connectivity index (χ2v) is 10.9. The fraction of sp³-hybridized carbons (Fsp3) is 0.615. The standard InChI is InChI=1S/C26H37FN4O3/c1-16(32)29-26-12-18-10-19(13-26)23(20(11-18)14-26)28-24(33)21-6-8-31(22(21)15-27)9-7-25(3,4)30-17(2)34-5/h6-9,18-20,23,30H,2,10-15H2,1,3-5H3,(H,28,33)(H,29,32)/b9-7+. The molecule has 1 heterocycles. The van der Waals surface area contributed by atoms with Crippen molar-refractivity contribution in [3.05, 3.63) is 42.1 Å². The van der Waals surface area contributed by atoms with E-state index in [4.69, 9.17) is 4.74 Å². The first-order chi connectivity index (χ1) is 16.0. The Labute approximate surface area is 201 Å². The van der Waals surface area contributed by atoms with E-state index in [1.54, 1.807) is 30.0 Å². The normalized spacial score (nSPS) is 29.8. The van der Waals surface area contributed by atoms with E-state index in [0.29, 0.717) is 34.9 Å². The molecule has 1 aromatic rings. The van der Waals surface area contributed by atoms with Gasteiger partial charge in [-0.25, -0.2) is 4.39 Å². The number of ether oxygens (including phenoxy) is 1. The summed E-state index contributed by atoms with van der Waals surface area (Å²) in [5, 5.41) is 9.60. The maximum absolute atomic E-state index is 14.0. The number of hydrogen-bond acceptors (Lipinski definition) is 4. The van der Waals surface area contributed by atoms with Gasteiger partial charge in [-0.1, -0.05) is 0 Å². The van der Waals surface area contributed by atoms with Crippen LogP contribution in [0, 0.1) is 17.8 Å². The van der Waals surface area contributed by atoms with Crippen molar-refractivity contribution in [1.29, 1.82) is 0 Å². The van der Waals surface area contributed by atoms with Gasteiger partial charge < -0.3 is 25.3 Å². The van der Waals surface area contributed by atoms with Gasteiger partial charge in [0.2, 0.25) is 5.91 Å². The molecule has 2 atom stereocenters.